The molecular weight excluding hydrogens is 479 g/mol. The van der Waals surface area contributed by atoms with E-state index in [4.69, 9.17) is 4.74 Å². The molecule has 1 amide bonds. The average molecular weight is 497 g/mol. The fraction of sp³-hybridized carbons (Fsp3) is 0.125. The third kappa shape index (κ3) is 5.32. The fourth-order valence-electron chi connectivity index (χ4n) is 3.31. The van der Waals surface area contributed by atoms with Crippen LogP contribution in [0.1, 0.15) is 22.8 Å². The molecule has 0 aliphatic heterocycles. The molecule has 0 saturated heterocycles. The van der Waals surface area contributed by atoms with E-state index in [-0.39, 0.29) is 29.7 Å². The van der Waals surface area contributed by atoms with Gasteiger partial charge in [0.25, 0.3) is 11.6 Å². The highest BCUT2D eigenvalue weighted by molar-refractivity contribution is 6.04. The van der Waals surface area contributed by atoms with Gasteiger partial charge < -0.3 is 10.1 Å². The first kappa shape index (κ1) is 24.4. The molecule has 36 heavy (non-hydrogen) atoms. The molecule has 0 radical (unpaired) electrons. The van der Waals surface area contributed by atoms with Crippen molar-refractivity contribution in [3.05, 3.63) is 94.0 Å². The number of alkyl halides is 3. The van der Waals surface area contributed by atoms with Crippen molar-refractivity contribution in [3.63, 3.8) is 0 Å². The van der Waals surface area contributed by atoms with E-state index in [1.165, 1.54) is 41.1 Å². The van der Waals surface area contributed by atoms with Gasteiger partial charge in [-0.3, -0.25) is 14.9 Å². The van der Waals surface area contributed by atoms with Gasteiger partial charge in [0.1, 0.15) is 0 Å². The average Bonchev–Trinajstić information content (AvgIpc) is 3.28. The molecular formula is C24H18F3N5O4. The summed E-state index contributed by atoms with van der Waals surface area (Å²) in [6.45, 7) is 2.02. The maximum absolute atomic E-state index is 13.0. The Hall–Kier alpha value is -4.74. The van der Waals surface area contributed by atoms with Crippen molar-refractivity contribution < 1.29 is 27.6 Å². The van der Waals surface area contributed by atoms with Crippen molar-refractivity contribution >= 4 is 17.3 Å². The molecule has 0 unspecified atom stereocenters. The van der Waals surface area contributed by atoms with Crippen LogP contribution < -0.4 is 10.1 Å². The van der Waals surface area contributed by atoms with Crippen molar-refractivity contribution in [2.24, 2.45) is 0 Å². The molecule has 0 saturated carbocycles. The zero-order valence-corrected chi connectivity index (χ0v) is 18.7. The van der Waals surface area contributed by atoms with Crippen molar-refractivity contribution in [3.8, 4) is 23.1 Å². The third-order valence-electron chi connectivity index (χ3n) is 5.02. The van der Waals surface area contributed by atoms with Gasteiger partial charge in [-0.15, -0.1) is 5.10 Å². The molecule has 0 aliphatic carbocycles. The number of ether oxygens (including phenoxy) is 1. The van der Waals surface area contributed by atoms with Crippen LogP contribution in [0.25, 0.3) is 17.1 Å². The summed E-state index contributed by atoms with van der Waals surface area (Å²) < 4.78 is 45.7. The lowest BCUT2D eigenvalue weighted by molar-refractivity contribution is -0.384. The number of non-ortho nitro benzene ring substituents is 1. The van der Waals surface area contributed by atoms with Crippen molar-refractivity contribution in [1.29, 1.82) is 0 Å². The molecule has 3 aromatic carbocycles. The second-order valence-electron chi connectivity index (χ2n) is 7.45. The molecule has 9 nitrogen and oxygen atoms in total. The molecule has 184 valence electrons. The van der Waals surface area contributed by atoms with Gasteiger partial charge in [0, 0.05) is 28.9 Å². The molecule has 0 atom stereocenters. The number of nitrogens with one attached hydrogen (secondary N) is 1. The first-order chi connectivity index (χ1) is 17.2. The first-order valence-electron chi connectivity index (χ1n) is 10.6. The third-order valence-corrected chi connectivity index (χ3v) is 5.02. The largest absolute Gasteiger partial charge is 0.463 e. The number of nitrogens with zero attached hydrogens (tertiary/aromatic N) is 4. The molecule has 4 rings (SSSR count). The van der Waals surface area contributed by atoms with Crippen LogP contribution in [-0.2, 0) is 6.18 Å². The summed E-state index contributed by atoms with van der Waals surface area (Å²) in [5, 5.41) is 17.8. The number of carbonyl (C=O) groups excluding carboxylic acids is 1. The van der Waals surface area contributed by atoms with Gasteiger partial charge in [-0.1, -0.05) is 18.2 Å². The highest BCUT2D eigenvalue weighted by Gasteiger charge is 2.30. The highest BCUT2D eigenvalue weighted by atomic mass is 19.4. The number of aromatic nitrogens is 3. The van der Waals surface area contributed by atoms with Crippen LogP contribution in [0.3, 0.4) is 0 Å². The summed E-state index contributed by atoms with van der Waals surface area (Å²) in [7, 11) is 0. The van der Waals surface area contributed by atoms with Gasteiger partial charge in [-0.05, 0) is 49.4 Å². The Labute approximate surface area is 202 Å². The van der Waals surface area contributed by atoms with Crippen LogP contribution in [0.5, 0.6) is 6.01 Å². The summed E-state index contributed by atoms with van der Waals surface area (Å²) in [6, 6.07) is 16.2. The van der Waals surface area contributed by atoms with Crippen molar-refractivity contribution in [1.82, 2.24) is 14.8 Å². The van der Waals surface area contributed by atoms with Crippen LogP contribution in [0.4, 0.5) is 24.5 Å². The highest BCUT2D eigenvalue weighted by Crippen LogP contribution is 2.32. The monoisotopic (exact) mass is 497 g/mol. The number of rotatable bonds is 7. The molecule has 0 aliphatic rings. The summed E-state index contributed by atoms with van der Waals surface area (Å²) in [5.41, 5.74) is 0.518. The van der Waals surface area contributed by atoms with E-state index in [0.29, 0.717) is 16.9 Å². The molecule has 0 spiro atoms. The Bertz CT molecular complexity index is 1400. The maximum atomic E-state index is 13.0. The zero-order chi connectivity index (χ0) is 25.9. The number of hydrogen-bond donors (Lipinski definition) is 1. The summed E-state index contributed by atoms with van der Waals surface area (Å²) in [4.78, 5) is 27.2. The van der Waals surface area contributed by atoms with Crippen LogP contribution in [-0.4, -0.2) is 32.2 Å². The second kappa shape index (κ2) is 9.86. The number of carbonyl (C=O) groups is 1. The molecule has 1 aromatic heterocycles. The van der Waals surface area contributed by atoms with Crippen molar-refractivity contribution in [2.45, 2.75) is 13.1 Å². The van der Waals surface area contributed by atoms with Gasteiger partial charge in [-0.25, -0.2) is 4.68 Å². The molecule has 0 fully saturated rings. The maximum Gasteiger partial charge on any atom is 0.416 e. The standard InChI is InChI=1S/C24H18F3N5O4/c1-2-36-23-29-21(15-6-10-17(11-7-15)24(25,26)27)31(30-23)20-5-3-4-18(14-20)28-22(33)16-8-12-19(13-9-16)32(34)35/h3-14H,2H2,1H3,(H,28,33). The van der Waals surface area contributed by atoms with Gasteiger partial charge in [0.2, 0.25) is 0 Å². The smallest absolute Gasteiger partial charge is 0.416 e. The Morgan fingerprint density at radius 1 is 1.08 bits per heavy atom. The predicted octanol–water partition coefficient (Wildman–Crippen LogP) is 5.51. The lowest BCUT2D eigenvalue weighted by Gasteiger charge is -2.10. The molecule has 1 N–H and O–H groups in total. The van der Waals surface area contributed by atoms with Crippen molar-refractivity contribution in [2.75, 3.05) is 11.9 Å². The number of amides is 1. The van der Waals surface area contributed by atoms with E-state index in [9.17, 15) is 28.1 Å². The molecule has 0 bridgehead atoms. The zero-order valence-electron chi connectivity index (χ0n) is 18.7. The van der Waals surface area contributed by atoms with Gasteiger partial charge in [0.15, 0.2) is 5.82 Å². The van der Waals surface area contributed by atoms with Crippen LogP contribution in [0.2, 0.25) is 0 Å². The minimum absolute atomic E-state index is 0.0349. The summed E-state index contributed by atoms with van der Waals surface area (Å²) in [6.07, 6.45) is -4.47. The lowest BCUT2D eigenvalue weighted by atomic mass is 10.1. The summed E-state index contributed by atoms with van der Waals surface area (Å²) in [5.74, 6) is -0.246. The normalized spacial score (nSPS) is 11.2. The van der Waals surface area contributed by atoms with Crippen LogP contribution >= 0.6 is 0 Å². The Kier molecular flexibility index (Phi) is 6.68. The van der Waals surface area contributed by atoms with Crippen LogP contribution in [0.15, 0.2) is 72.8 Å². The SMILES string of the molecule is CCOc1nc(-c2ccc(C(F)(F)F)cc2)n(-c2cccc(NC(=O)c3ccc([N+](=O)[O-])cc3)c2)n1. The number of hydrogen-bond acceptors (Lipinski definition) is 6. The molecule has 12 heteroatoms. The van der Waals surface area contributed by atoms with Gasteiger partial charge in [0.05, 0.1) is 22.8 Å². The summed E-state index contributed by atoms with van der Waals surface area (Å²) >= 11 is 0. The molecule has 1 heterocycles. The number of halogens is 3. The topological polar surface area (TPSA) is 112 Å². The van der Waals surface area contributed by atoms with Crippen LogP contribution in [0, 0.1) is 10.1 Å². The van der Waals surface area contributed by atoms with E-state index >= 15 is 0 Å². The van der Waals surface area contributed by atoms with E-state index < -0.39 is 22.6 Å². The quantitative estimate of drug-likeness (QED) is 0.266. The first-order valence-corrected chi connectivity index (χ1v) is 10.6. The minimum atomic E-state index is -4.47. The number of nitro groups is 1. The molecule has 4 aromatic rings. The number of anilines is 1. The lowest BCUT2D eigenvalue weighted by Crippen LogP contribution is -2.12. The minimum Gasteiger partial charge on any atom is -0.463 e. The predicted molar refractivity (Wildman–Crippen MR) is 124 cm³/mol. The Balaban J connectivity index is 1.64. The Morgan fingerprint density at radius 2 is 1.78 bits per heavy atom. The van der Waals surface area contributed by atoms with Gasteiger partial charge >= 0.3 is 12.2 Å². The van der Waals surface area contributed by atoms with E-state index in [2.05, 4.69) is 15.4 Å². The number of benzene rings is 3. The fourth-order valence-corrected chi connectivity index (χ4v) is 3.31. The Morgan fingerprint density at radius 3 is 2.39 bits per heavy atom. The van der Waals surface area contributed by atoms with E-state index in [1.54, 1.807) is 31.2 Å². The second-order valence-corrected chi connectivity index (χ2v) is 7.45. The number of nitro benzene ring substituents is 1. The van der Waals surface area contributed by atoms with E-state index in [1.807, 2.05) is 0 Å². The van der Waals surface area contributed by atoms with Gasteiger partial charge in [-0.2, -0.15) is 18.2 Å². The van der Waals surface area contributed by atoms with E-state index in [0.717, 1.165) is 12.1 Å².